The van der Waals surface area contributed by atoms with Gasteiger partial charge in [0.2, 0.25) is 15.9 Å². The van der Waals surface area contributed by atoms with Gasteiger partial charge in [0.05, 0.1) is 18.5 Å². The first-order chi connectivity index (χ1) is 9.93. The molecule has 1 amide bonds. The van der Waals surface area contributed by atoms with Crippen LogP contribution in [0, 0.1) is 19.3 Å². The van der Waals surface area contributed by atoms with Crippen LogP contribution in [0.15, 0.2) is 18.2 Å². The summed E-state index contributed by atoms with van der Waals surface area (Å²) in [4.78, 5) is 11.9. The van der Waals surface area contributed by atoms with E-state index in [1.54, 1.807) is 6.07 Å². The lowest BCUT2D eigenvalue weighted by Gasteiger charge is -2.25. The largest absolute Gasteiger partial charge is 0.354 e. The second-order valence-corrected chi connectivity index (χ2v) is 8.54. The first-order valence-electron chi connectivity index (χ1n) is 7.26. The van der Waals surface area contributed by atoms with Gasteiger partial charge < -0.3 is 5.32 Å². The molecule has 0 saturated heterocycles. The minimum atomic E-state index is -3.40. The van der Waals surface area contributed by atoms with E-state index < -0.39 is 15.4 Å². The molecule has 124 valence electrons. The number of hydrogen-bond acceptors (Lipinski definition) is 3. The first kappa shape index (κ1) is 18.5. The van der Waals surface area contributed by atoms with Gasteiger partial charge in [-0.05, 0) is 25.5 Å². The molecule has 1 rings (SSSR count). The molecule has 22 heavy (non-hydrogen) atoms. The molecule has 0 radical (unpaired) electrons. The number of hydrogen-bond donors (Lipinski definition) is 1. The maximum atomic E-state index is 12.1. The molecule has 1 aromatic carbocycles. The van der Waals surface area contributed by atoms with Crippen molar-refractivity contribution >= 4 is 21.6 Å². The van der Waals surface area contributed by atoms with Crippen molar-refractivity contribution in [3.8, 4) is 0 Å². The standard InChI is InChI=1S/C16H26N2O3S/c1-12-7-8-14(13(2)11-12)18(22(6,20)21)10-9-17-15(19)16(3,4)5/h7-8,11H,9-10H2,1-6H3,(H,17,19). The molecule has 1 N–H and O–H groups in total. The molecule has 0 aromatic heterocycles. The minimum absolute atomic E-state index is 0.0958. The number of anilines is 1. The zero-order chi connectivity index (χ0) is 17.1. The van der Waals surface area contributed by atoms with Crippen LogP contribution in [-0.4, -0.2) is 33.7 Å². The summed E-state index contributed by atoms with van der Waals surface area (Å²) in [6.07, 6.45) is 1.18. The first-order valence-corrected chi connectivity index (χ1v) is 9.11. The maximum absolute atomic E-state index is 12.1. The summed E-state index contributed by atoms with van der Waals surface area (Å²) in [5.74, 6) is -0.0958. The van der Waals surface area contributed by atoms with Crippen LogP contribution in [0.5, 0.6) is 0 Å². The van der Waals surface area contributed by atoms with Crippen LogP contribution in [0.3, 0.4) is 0 Å². The molecule has 0 saturated carbocycles. The number of nitrogens with one attached hydrogen (secondary N) is 1. The number of carbonyl (C=O) groups is 1. The number of benzene rings is 1. The van der Waals surface area contributed by atoms with E-state index in [4.69, 9.17) is 0 Å². The molecule has 0 atom stereocenters. The van der Waals surface area contributed by atoms with Crippen molar-refractivity contribution in [2.24, 2.45) is 5.41 Å². The molecule has 1 aromatic rings. The molecule has 0 bridgehead atoms. The van der Waals surface area contributed by atoms with E-state index in [1.807, 2.05) is 46.8 Å². The van der Waals surface area contributed by atoms with Crippen molar-refractivity contribution in [1.82, 2.24) is 5.32 Å². The van der Waals surface area contributed by atoms with Gasteiger partial charge in [0.25, 0.3) is 0 Å². The smallest absolute Gasteiger partial charge is 0.232 e. The van der Waals surface area contributed by atoms with Crippen molar-refractivity contribution in [2.75, 3.05) is 23.7 Å². The van der Waals surface area contributed by atoms with Crippen LogP contribution in [0.4, 0.5) is 5.69 Å². The Labute approximate surface area is 133 Å². The summed E-state index contributed by atoms with van der Waals surface area (Å²) >= 11 is 0. The predicted molar refractivity (Wildman–Crippen MR) is 90.6 cm³/mol. The Morgan fingerprint density at radius 2 is 1.82 bits per heavy atom. The van der Waals surface area contributed by atoms with Crippen LogP contribution in [0.1, 0.15) is 31.9 Å². The Morgan fingerprint density at radius 3 is 2.27 bits per heavy atom. The summed E-state index contributed by atoms with van der Waals surface area (Å²) in [5, 5.41) is 2.78. The molecule has 0 aliphatic carbocycles. The topological polar surface area (TPSA) is 66.5 Å². The number of amides is 1. The molecule has 0 aliphatic heterocycles. The van der Waals surface area contributed by atoms with Gasteiger partial charge in [0.1, 0.15) is 0 Å². The van der Waals surface area contributed by atoms with E-state index >= 15 is 0 Å². The van der Waals surface area contributed by atoms with Crippen molar-refractivity contribution in [1.29, 1.82) is 0 Å². The van der Waals surface area contributed by atoms with Gasteiger partial charge in [-0.1, -0.05) is 38.5 Å². The Bertz CT molecular complexity index is 646. The van der Waals surface area contributed by atoms with Crippen LogP contribution in [0.2, 0.25) is 0 Å². The van der Waals surface area contributed by atoms with Gasteiger partial charge in [-0.3, -0.25) is 9.10 Å². The number of nitrogens with zero attached hydrogens (tertiary/aromatic N) is 1. The molecule has 0 aliphatic rings. The van der Waals surface area contributed by atoms with Crippen molar-refractivity contribution in [3.05, 3.63) is 29.3 Å². The maximum Gasteiger partial charge on any atom is 0.232 e. The Morgan fingerprint density at radius 1 is 1.23 bits per heavy atom. The molecule has 0 fully saturated rings. The van der Waals surface area contributed by atoms with Gasteiger partial charge in [0, 0.05) is 12.0 Å². The monoisotopic (exact) mass is 326 g/mol. The number of carbonyl (C=O) groups excluding carboxylic acids is 1. The SMILES string of the molecule is Cc1ccc(N(CCNC(=O)C(C)(C)C)S(C)(=O)=O)c(C)c1. The van der Waals surface area contributed by atoms with E-state index in [9.17, 15) is 13.2 Å². The molecular formula is C16H26N2O3S. The number of aryl methyl sites for hydroxylation is 2. The average molecular weight is 326 g/mol. The van der Waals surface area contributed by atoms with Crippen molar-refractivity contribution in [3.63, 3.8) is 0 Å². The molecule has 0 spiro atoms. The second kappa shape index (κ2) is 6.69. The Balaban J connectivity index is 2.90. The molecule has 0 unspecified atom stereocenters. The summed E-state index contributed by atoms with van der Waals surface area (Å²) in [6.45, 7) is 9.79. The number of rotatable bonds is 5. The predicted octanol–water partition coefficient (Wildman–Crippen LogP) is 2.23. The van der Waals surface area contributed by atoms with Gasteiger partial charge in [-0.25, -0.2) is 8.42 Å². The fourth-order valence-electron chi connectivity index (χ4n) is 2.09. The minimum Gasteiger partial charge on any atom is -0.354 e. The number of sulfonamides is 1. The normalized spacial score (nSPS) is 12.1. The van der Waals surface area contributed by atoms with E-state index in [2.05, 4.69) is 5.32 Å². The van der Waals surface area contributed by atoms with Gasteiger partial charge in [0.15, 0.2) is 0 Å². The summed E-state index contributed by atoms with van der Waals surface area (Å²) in [7, 11) is -3.40. The fourth-order valence-corrected chi connectivity index (χ4v) is 3.07. The van der Waals surface area contributed by atoms with Crippen LogP contribution in [-0.2, 0) is 14.8 Å². The summed E-state index contributed by atoms with van der Waals surface area (Å²) in [6, 6.07) is 5.63. The molecule has 6 heteroatoms. The summed E-state index contributed by atoms with van der Waals surface area (Å²) in [5.41, 5.74) is 2.14. The second-order valence-electron chi connectivity index (χ2n) is 6.63. The average Bonchev–Trinajstić information content (AvgIpc) is 2.33. The highest BCUT2D eigenvalue weighted by molar-refractivity contribution is 7.92. The van der Waals surface area contributed by atoms with Crippen molar-refractivity contribution < 1.29 is 13.2 Å². The lowest BCUT2D eigenvalue weighted by Crippen LogP contribution is -2.41. The lowest BCUT2D eigenvalue weighted by atomic mass is 9.96. The third-order valence-electron chi connectivity index (χ3n) is 3.30. The fraction of sp³-hybridized carbons (Fsp3) is 0.562. The third-order valence-corrected chi connectivity index (χ3v) is 4.48. The van der Waals surface area contributed by atoms with Gasteiger partial charge in [-0.15, -0.1) is 0 Å². The molecule has 0 heterocycles. The quantitative estimate of drug-likeness (QED) is 0.902. The van der Waals surface area contributed by atoms with E-state index in [0.717, 1.165) is 11.1 Å². The third kappa shape index (κ3) is 5.02. The van der Waals surface area contributed by atoms with E-state index in [1.165, 1.54) is 10.6 Å². The van der Waals surface area contributed by atoms with Crippen molar-refractivity contribution in [2.45, 2.75) is 34.6 Å². The van der Waals surface area contributed by atoms with Gasteiger partial charge in [-0.2, -0.15) is 0 Å². The summed E-state index contributed by atoms with van der Waals surface area (Å²) < 4.78 is 25.4. The van der Waals surface area contributed by atoms with E-state index in [-0.39, 0.29) is 19.0 Å². The highest BCUT2D eigenvalue weighted by atomic mass is 32.2. The molecule has 5 nitrogen and oxygen atoms in total. The van der Waals surface area contributed by atoms with E-state index in [0.29, 0.717) is 5.69 Å². The zero-order valence-electron chi connectivity index (χ0n) is 14.2. The Hall–Kier alpha value is -1.56. The molecular weight excluding hydrogens is 300 g/mol. The van der Waals surface area contributed by atoms with Crippen LogP contribution in [0.25, 0.3) is 0 Å². The highest BCUT2D eigenvalue weighted by Gasteiger charge is 2.23. The van der Waals surface area contributed by atoms with Crippen LogP contribution >= 0.6 is 0 Å². The highest BCUT2D eigenvalue weighted by Crippen LogP contribution is 2.23. The lowest BCUT2D eigenvalue weighted by molar-refractivity contribution is -0.128. The van der Waals surface area contributed by atoms with Gasteiger partial charge >= 0.3 is 0 Å². The van der Waals surface area contributed by atoms with Crippen LogP contribution < -0.4 is 9.62 Å². The zero-order valence-corrected chi connectivity index (χ0v) is 15.0. The Kier molecular flexibility index (Phi) is 5.62.